The first-order chi connectivity index (χ1) is 11.7. The summed E-state index contributed by atoms with van der Waals surface area (Å²) in [5.74, 6) is 1.23. The van der Waals surface area contributed by atoms with E-state index in [0.717, 1.165) is 50.3 Å². The Kier molecular flexibility index (Phi) is 7.82. The Morgan fingerprint density at radius 1 is 1.25 bits per heavy atom. The summed E-state index contributed by atoms with van der Waals surface area (Å²) in [5, 5.41) is 10.0. The SMILES string of the molecule is CN=C(NCCCNC(=O)C1CCC1)NCCc1ccc(Cl)nc1. The Morgan fingerprint density at radius 2 is 2.00 bits per heavy atom. The van der Waals surface area contributed by atoms with E-state index in [9.17, 15) is 4.79 Å². The van der Waals surface area contributed by atoms with Gasteiger partial charge < -0.3 is 16.0 Å². The maximum absolute atomic E-state index is 11.7. The molecule has 3 N–H and O–H groups in total. The Hall–Kier alpha value is -1.82. The van der Waals surface area contributed by atoms with Crippen LogP contribution in [0.3, 0.4) is 0 Å². The van der Waals surface area contributed by atoms with Crippen LogP contribution >= 0.6 is 11.6 Å². The van der Waals surface area contributed by atoms with E-state index in [1.807, 2.05) is 6.07 Å². The van der Waals surface area contributed by atoms with Crippen molar-refractivity contribution < 1.29 is 4.79 Å². The first kappa shape index (κ1) is 18.5. The van der Waals surface area contributed by atoms with Gasteiger partial charge in [0.1, 0.15) is 5.15 Å². The summed E-state index contributed by atoms with van der Waals surface area (Å²) in [6, 6.07) is 3.76. The van der Waals surface area contributed by atoms with Crippen molar-refractivity contribution in [2.45, 2.75) is 32.1 Å². The molecule has 1 fully saturated rings. The Bertz CT molecular complexity index is 542. The number of carbonyl (C=O) groups excluding carboxylic acids is 1. The van der Waals surface area contributed by atoms with E-state index >= 15 is 0 Å². The van der Waals surface area contributed by atoms with Crippen molar-refractivity contribution in [1.29, 1.82) is 0 Å². The number of halogens is 1. The molecule has 6 nitrogen and oxygen atoms in total. The van der Waals surface area contributed by atoms with E-state index in [1.54, 1.807) is 19.3 Å². The molecule has 0 saturated heterocycles. The molecule has 132 valence electrons. The number of nitrogens with zero attached hydrogens (tertiary/aromatic N) is 2. The van der Waals surface area contributed by atoms with Crippen LogP contribution in [0.15, 0.2) is 23.3 Å². The predicted octanol–water partition coefficient (Wildman–Crippen LogP) is 1.75. The molecule has 0 radical (unpaired) electrons. The highest BCUT2D eigenvalue weighted by atomic mass is 35.5. The zero-order valence-corrected chi connectivity index (χ0v) is 14.9. The van der Waals surface area contributed by atoms with Gasteiger partial charge in [-0.25, -0.2) is 4.98 Å². The Balaban J connectivity index is 1.53. The first-order valence-corrected chi connectivity index (χ1v) is 8.89. The molecule has 1 heterocycles. The van der Waals surface area contributed by atoms with Crippen LogP contribution in [0.2, 0.25) is 5.15 Å². The third-order valence-corrected chi connectivity index (χ3v) is 4.36. The van der Waals surface area contributed by atoms with Gasteiger partial charge >= 0.3 is 0 Å². The number of nitrogens with one attached hydrogen (secondary N) is 3. The van der Waals surface area contributed by atoms with Crippen LogP contribution in [0.25, 0.3) is 0 Å². The minimum Gasteiger partial charge on any atom is -0.356 e. The topological polar surface area (TPSA) is 78.4 Å². The van der Waals surface area contributed by atoms with Gasteiger partial charge in [-0.2, -0.15) is 0 Å². The molecular weight excluding hydrogens is 326 g/mol. The standard InChI is InChI=1S/C17H26ClN5O/c1-19-17(22-11-8-13-6-7-15(18)23-12-13)21-10-3-9-20-16(24)14-4-2-5-14/h6-7,12,14H,2-5,8-11H2,1H3,(H,20,24)(H2,19,21,22). The van der Waals surface area contributed by atoms with Crippen LogP contribution in [0, 0.1) is 5.92 Å². The highest BCUT2D eigenvalue weighted by molar-refractivity contribution is 6.29. The molecule has 1 amide bonds. The highest BCUT2D eigenvalue weighted by Gasteiger charge is 2.24. The number of amides is 1. The molecule has 1 aliphatic rings. The number of aromatic nitrogens is 1. The first-order valence-electron chi connectivity index (χ1n) is 8.51. The lowest BCUT2D eigenvalue weighted by atomic mass is 9.85. The van der Waals surface area contributed by atoms with Crippen molar-refractivity contribution in [3.63, 3.8) is 0 Å². The lowest BCUT2D eigenvalue weighted by molar-refractivity contribution is -0.127. The predicted molar refractivity (Wildman–Crippen MR) is 97.3 cm³/mol. The van der Waals surface area contributed by atoms with Crippen molar-refractivity contribution >= 4 is 23.5 Å². The van der Waals surface area contributed by atoms with Crippen LogP contribution < -0.4 is 16.0 Å². The third-order valence-electron chi connectivity index (χ3n) is 4.14. The number of aliphatic imine (C=N–C) groups is 1. The van der Waals surface area contributed by atoms with Gasteiger partial charge in [-0.15, -0.1) is 0 Å². The third kappa shape index (κ3) is 6.35. The summed E-state index contributed by atoms with van der Waals surface area (Å²) in [7, 11) is 1.75. The average Bonchev–Trinajstić information content (AvgIpc) is 2.53. The molecule has 1 aromatic heterocycles. The van der Waals surface area contributed by atoms with Gasteiger partial charge in [-0.1, -0.05) is 24.1 Å². The smallest absolute Gasteiger partial charge is 0.223 e. The molecule has 7 heteroatoms. The van der Waals surface area contributed by atoms with Gasteiger partial charge in [0.05, 0.1) is 0 Å². The summed E-state index contributed by atoms with van der Waals surface area (Å²) >= 11 is 5.77. The second kappa shape index (κ2) is 10.1. The summed E-state index contributed by atoms with van der Waals surface area (Å²) in [4.78, 5) is 19.9. The lowest BCUT2D eigenvalue weighted by Crippen LogP contribution is -2.40. The number of hydrogen-bond acceptors (Lipinski definition) is 3. The monoisotopic (exact) mass is 351 g/mol. The maximum Gasteiger partial charge on any atom is 0.223 e. The number of carbonyl (C=O) groups is 1. The van der Waals surface area contributed by atoms with Gasteiger partial charge in [-0.05, 0) is 37.3 Å². The van der Waals surface area contributed by atoms with E-state index < -0.39 is 0 Å². The summed E-state index contributed by atoms with van der Waals surface area (Å²) in [6.45, 7) is 2.24. The zero-order valence-electron chi connectivity index (χ0n) is 14.1. The molecule has 1 aliphatic carbocycles. The van der Waals surface area contributed by atoms with Gasteiger partial charge in [0, 0.05) is 38.8 Å². The van der Waals surface area contributed by atoms with Crippen LogP contribution in [0.5, 0.6) is 0 Å². The number of pyridine rings is 1. The fourth-order valence-corrected chi connectivity index (χ4v) is 2.53. The summed E-state index contributed by atoms with van der Waals surface area (Å²) in [6.07, 6.45) is 6.79. The van der Waals surface area contributed by atoms with Crippen molar-refractivity contribution in [3.05, 3.63) is 29.0 Å². The fraction of sp³-hybridized carbons (Fsp3) is 0.588. The van der Waals surface area contributed by atoms with E-state index in [2.05, 4.69) is 25.9 Å². The Morgan fingerprint density at radius 3 is 2.62 bits per heavy atom. The lowest BCUT2D eigenvalue weighted by Gasteiger charge is -2.24. The van der Waals surface area contributed by atoms with Crippen LogP contribution in [0.4, 0.5) is 0 Å². The fourth-order valence-electron chi connectivity index (χ4n) is 2.42. The summed E-state index contributed by atoms with van der Waals surface area (Å²) < 4.78 is 0. The van der Waals surface area contributed by atoms with Crippen LogP contribution in [0.1, 0.15) is 31.2 Å². The molecule has 0 spiro atoms. The normalized spacial score (nSPS) is 14.8. The number of hydrogen-bond donors (Lipinski definition) is 3. The van der Waals surface area contributed by atoms with E-state index in [0.29, 0.717) is 11.7 Å². The van der Waals surface area contributed by atoms with E-state index in [1.165, 1.54) is 6.42 Å². The van der Waals surface area contributed by atoms with Crippen molar-refractivity contribution in [2.24, 2.45) is 10.9 Å². The molecule has 0 bridgehead atoms. The molecule has 1 saturated carbocycles. The van der Waals surface area contributed by atoms with Crippen LogP contribution in [-0.4, -0.2) is 43.5 Å². The largest absolute Gasteiger partial charge is 0.356 e. The number of rotatable bonds is 8. The van der Waals surface area contributed by atoms with Crippen LogP contribution in [-0.2, 0) is 11.2 Å². The molecule has 0 aliphatic heterocycles. The second-order valence-corrected chi connectivity index (χ2v) is 6.32. The van der Waals surface area contributed by atoms with Gasteiger partial charge in [0.2, 0.25) is 5.91 Å². The zero-order chi connectivity index (χ0) is 17.2. The molecule has 2 rings (SSSR count). The Labute approximate surface area is 148 Å². The minimum atomic E-state index is 0.209. The molecule has 1 aromatic rings. The quantitative estimate of drug-likeness (QED) is 0.288. The maximum atomic E-state index is 11.7. The average molecular weight is 352 g/mol. The number of guanidine groups is 1. The second-order valence-electron chi connectivity index (χ2n) is 5.94. The molecular formula is C17H26ClN5O. The van der Waals surface area contributed by atoms with Crippen molar-refractivity contribution in [2.75, 3.05) is 26.7 Å². The van der Waals surface area contributed by atoms with Crippen molar-refractivity contribution in [1.82, 2.24) is 20.9 Å². The van der Waals surface area contributed by atoms with Gasteiger partial charge in [-0.3, -0.25) is 9.79 Å². The van der Waals surface area contributed by atoms with Crippen molar-refractivity contribution in [3.8, 4) is 0 Å². The molecule has 0 aromatic carbocycles. The minimum absolute atomic E-state index is 0.209. The van der Waals surface area contributed by atoms with E-state index in [4.69, 9.17) is 11.6 Å². The highest BCUT2D eigenvalue weighted by Crippen LogP contribution is 2.25. The summed E-state index contributed by atoms with van der Waals surface area (Å²) in [5.41, 5.74) is 1.13. The van der Waals surface area contributed by atoms with Gasteiger partial charge in [0.15, 0.2) is 5.96 Å². The molecule has 24 heavy (non-hydrogen) atoms. The van der Waals surface area contributed by atoms with E-state index in [-0.39, 0.29) is 11.8 Å². The van der Waals surface area contributed by atoms with Gasteiger partial charge in [0.25, 0.3) is 0 Å². The molecule has 0 unspecified atom stereocenters. The molecule has 0 atom stereocenters.